The van der Waals surface area contributed by atoms with Crippen LogP contribution >= 0.6 is 0 Å². The number of rotatable bonds is 7. The lowest BCUT2D eigenvalue weighted by Gasteiger charge is -2.33. The Kier molecular flexibility index (Phi) is 7.17. The average Bonchev–Trinajstić information content (AvgIpc) is 3.15. The lowest BCUT2D eigenvalue weighted by Crippen LogP contribution is -2.54. The fourth-order valence-electron chi connectivity index (χ4n) is 4.90. The molecule has 2 amide bonds. The molecule has 2 aromatic carbocycles. The minimum Gasteiger partial charge on any atom is -0.481 e. The molecule has 4 rings (SSSR count). The minimum absolute atomic E-state index is 0.0591. The zero-order chi connectivity index (χ0) is 24.2. The topological polar surface area (TPSA) is 99.2 Å². The van der Waals surface area contributed by atoms with Crippen molar-refractivity contribution in [3.63, 3.8) is 0 Å². The van der Waals surface area contributed by atoms with E-state index in [2.05, 4.69) is 29.6 Å². The lowest BCUT2D eigenvalue weighted by molar-refractivity contribution is -0.146. The van der Waals surface area contributed by atoms with Gasteiger partial charge in [0.25, 0.3) is 0 Å². The Hall–Kier alpha value is -3.39. The fourth-order valence-corrected chi connectivity index (χ4v) is 4.90. The van der Waals surface area contributed by atoms with Gasteiger partial charge >= 0.3 is 12.1 Å². The molecule has 1 saturated heterocycles. The van der Waals surface area contributed by atoms with E-state index in [4.69, 9.17) is 4.74 Å². The van der Waals surface area contributed by atoms with Gasteiger partial charge in [-0.3, -0.25) is 9.59 Å². The number of amides is 2. The van der Waals surface area contributed by atoms with Gasteiger partial charge in [0.05, 0.1) is 5.92 Å². The van der Waals surface area contributed by atoms with Crippen molar-refractivity contribution in [2.75, 3.05) is 40.3 Å². The van der Waals surface area contributed by atoms with Crippen LogP contribution in [-0.2, 0) is 14.3 Å². The van der Waals surface area contributed by atoms with Gasteiger partial charge in [0.15, 0.2) is 0 Å². The molecule has 0 spiro atoms. The Balaban J connectivity index is 1.39. The van der Waals surface area contributed by atoms with Crippen molar-refractivity contribution in [2.45, 2.75) is 24.8 Å². The van der Waals surface area contributed by atoms with Crippen molar-refractivity contribution < 1.29 is 24.2 Å². The van der Waals surface area contributed by atoms with Crippen molar-refractivity contribution in [2.24, 2.45) is 5.92 Å². The van der Waals surface area contributed by atoms with Crippen molar-refractivity contribution >= 4 is 18.0 Å². The summed E-state index contributed by atoms with van der Waals surface area (Å²) in [6.07, 6.45) is 0.198. The monoisotopic (exact) mass is 465 g/mol. The first kappa shape index (κ1) is 23.8. The number of fused-ring (bicyclic) bond motifs is 3. The molecule has 0 bridgehead atoms. The molecule has 2 aromatic rings. The maximum atomic E-state index is 13.1. The summed E-state index contributed by atoms with van der Waals surface area (Å²) in [4.78, 5) is 40.5. The number of hydrogen-bond donors (Lipinski definition) is 2. The second-order valence-corrected chi connectivity index (χ2v) is 9.22. The van der Waals surface area contributed by atoms with Crippen LogP contribution < -0.4 is 5.32 Å². The van der Waals surface area contributed by atoms with Gasteiger partial charge in [0.1, 0.15) is 12.6 Å². The number of carboxylic acid groups (broad SMARTS) is 1. The summed E-state index contributed by atoms with van der Waals surface area (Å²) < 4.78 is 5.62. The molecule has 8 heteroatoms. The number of likely N-dealkylation sites (tertiary alicyclic amines) is 1. The van der Waals surface area contributed by atoms with E-state index < -0.39 is 24.0 Å². The highest BCUT2D eigenvalue weighted by atomic mass is 16.5. The molecule has 8 nitrogen and oxygen atoms in total. The van der Waals surface area contributed by atoms with E-state index >= 15 is 0 Å². The van der Waals surface area contributed by atoms with Crippen molar-refractivity contribution in [3.05, 3.63) is 59.7 Å². The number of carbonyl (C=O) groups is 3. The zero-order valence-electron chi connectivity index (χ0n) is 19.6. The highest BCUT2D eigenvalue weighted by Gasteiger charge is 2.33. The molecule has 34 heavy (non-hydrogen) atoms. The Labute approximate surface area is 199 Å². The van der Waals surface area contributed by atoms with E-state index in [9.17, 15) is 19.5 Å². The number of carboxylic acids is 1. The first-order valence-electron chi connectivity index (χ1n) is 11.6. The second kappa shape index (κ2) is 10.3. The van der Waals surface area contributed by atoms with Crippen LogP contribution in [0.2, 0.25) is 0 Å². The van der Waals surface area contributed by atoms with Crippen LogP contribution in [0.3, 0.4) is 0 Å². The van der Waals surface area contributed by atoms with Crippen LogP contribution in [0, 0.1) is 5.92 Å². The molecule has 2 N–H and O–H groups in total. The summed E-state index contributed by atoms with van der Waals surface area (Å²) in [7, 11) is 3.66. The average molecular weight is 466 g/mol. The summed E-state index contributed by atoms with van der Waals surface area (Å²) in [5.74, 6) is -1.53. The molecule has 0 aromatic heterocycles. The molecule has 1 aliphatic heterocycles. The standard InChI is InChI=1S/C26H31N3O5/c1-28(2)15-23(24(30)29-13-11-17(12-14-29)25(31)32)27-26(33)34-16-22-20-9-5-3-7-18(20)19-8-4-6-10-21(19)22/h3-10,17,22-23H,11-16H2,1-2H3,(H,27,33)(H,31,32)/t23-/m0/s1. The first-order chi connectivity index (χ1) is 16.3. The number of nitrogens with one attached hydrogen (secondary N) is 1. The summed E-state index contributed by atoms with van der Waals surface area (Å²) in [6.45, 7) is 1.23. The van der Waals surface area contributed by atoms with Crippen LogP contribution in [0.4, 0.5) is 4.79 Å². The third-order valence-electron chi connectivity index (χ3n) is 6.64. The molecule has 0 unspecified atom stereocenters. The molecule has 0 saturated carbocycles. The van der Waals surface area contributed by atoms with Crippen molar-refractivity contribution in [1.82, 2.24) is 15.1 Å². The van der Waals surface area contributed by atoms with Gasteiger partial charge < -0.3 is 25.0 Å². The third kappa shape index (κ3) is 5.07. The van der Waals surface area contributed by atoms with E-state index in [1.165, 1.54) is 0 Å². The predicted octanol–water partition coefficient (Wildman–Crippen LogP) is 2.78. The minimum atomic E-state index is -0.825. The third-order valence-corrected chi connectivity index (χ3v) is 6.64. The number of carbonyl (C=O) groups excluding carboxylic acids is 2. The van der Waals surface area contributed by atoms with E-state index in [1.54, 1.807) is 4.90 Å². The van der Waals surface area contributed by atoms with Crippen molar-refractivity contribution in [3.8, 4) is 11.1 Å². The largest absolute Gasteiger partial charge is 0.481 e. The van der Waals surface area contributed by atoms with Gasteiger partial charge in [-0.25, -0.2) is 4.79 Å². The number of aliphatic carboxylic acids is 1. The van der Waals surface area contributed by atoms with Crippen LogP contribution in [0.25, 0.3) is 11.1 Å². The second-order valence-electron chi connectivity index (χ2n) is 9.22. The van der Waals surface area contributed by atoms with Gasteiger partial charge in [-0.15, -0.1) is 0 Å². The van der Waals surface area contributed by atoms with Crippen LogP contribution in [0.5, 0.6) is 0 Å². The Bertz CT molecular complexity index is 1020. The quantitative estimate of drug-likeness (QED) is 0.653. The molecular weight excluding hydrogens is 434 g/mol. The molecule has 1 atom stereocenters. The van der Waals surface area contributed by atoms with Gasteiger partial charge in [0, 0.05) is 25.6 Å². The lowest BCUT2D eigenvalue weighted by atomic mass is 9.96. The number of hydrogen-bond acceptors (Lipinski definition) is 5. The maximum Gasteiger partial charge on any atom is 0.407 e. The maximum absolute atomic E-state index is 13.1. The predicted molar refractivity (Wildman–Crippen MR) is 127 cm³/mol. The first-order valence-corrected chi connectivity index (χ1v) is 11.6. The highest BCUT2D eigenvalue weighted by Crippen LogP contribution is 2.44. The van der Waals surface area contributed by atoms with Crippen LogP contribution in [0.1, 0.15) is 29.9 Å². The molecule has 180 valence electrons. The van der Waals surface area contributed by atoms with Crippen molar-refractivity contribution in [1.29, 1.82) is 0 Å². The number of piperidine rings is 1. The summed E-state index contributed by atoms with van der Waals surface area (Å²) in [5, 5.41) is 11.9. The van der Waals surface area contributed by atoms with E-state index in [0.717, 1.165) is 22.3 Å². The van der Waals surface area contributed by atoms with Crippen LogP contribution in [0.15, 0.2) is 48.5 Å². The Morgan fingerprint density at radius 2 is 1.59 bits per heavy atom. The number of benzene rings is 2. The fraction of sp³-hybridized carbons (Fsp3) is 0.423. The summed E-state index contributed by atoms with van der Waals surface area (Å²) in [5.41, 5.74) is 4.55. The van der Waals surface area contributed by atoms with E-state index in [-0.39, 0.29) is 18.4 Å². The van der Waals surface area contributed by atoms with Crippen LogP contribution in [-0.4, -0.2) is 79.3 Å². The smallest absolute Gasteiger partial charge is 0.407 e. The number of ether oxygens (including phenoxy) is 1. The summed E-state index contributed by atoms with van der Waals surface area (Å²) in [6, 6.07) is 15.5. The molecule has 1 heterocycles. The normalized spacial score (nSPS) is 16.6. The summed E-state index contributed by atoms with van der Waals surface area (Å²) >= 11 is 0. The Morgan fingerprint density at radius 3 is 2.12 bits per heavy atom. The Morgan fingerprint density at radius 1 is 1.03 bits per heavy atom. The van der Waals surface area contributed by atoms with E-state index in [0.29, 0.717) is 32.5 Å². The van der Waals surface area contributed by atoms with Gasteiger partial charge in [-0.05, 0) is 49.2 Å². The van der Waals surface area contributed by atoms with Gasteiger partial charge in [-0.1, -0.05) is 48.5 Å². The van der Waals surface area contributed by atoms with E-state index in [1.807, 2.05) is 43.3 Å². The number of nitrogens with zero attached hydrogens (tertiary/aromatic N) is 2. The zero-order valence-corrected chi connectivity index (χ0v) is 19.6. The van der Waals surface area contributed by atoms with Gasteiger partial charge in [0.2, 0.25) is 5.91 Å². The number of alkyl carbamates (subject to hydrolysis) is 1. The molecule has 1 aliphatic carbocycles. The van der Waals surface area contributed by atoms with Gasteiger partial charge in [-0.2, -0.15) is 0 Å². The number of likely N-dealkylation sites (N-methyl/N-ethyl adjacent to an activating group) is 1. The SMILES string of the molecule is CN(C)C[C@H](NC(=O)OCC1c2ccccc2-c2ccccc21)C(=O)N1CCC(C(=O)O)CC1. The molecule has 2 aliphatic rings. The molecule has 1 fully saturated rings. The molecule has 0 radical (unpaired) electrons. The molecular formula is C26H31N3O5. The highest BCUT2D eigenvalue weighted by molar-refractivity contribution is 5.86.